The molecule has 0 saturated carbocycles. The molecule has 0 amide bonds. The van der Waals surface area contributed by atoms with Crippen LogP contribution in [0.1, 0.15) is 20.3 Å². The minimum absolute atomic E-state index is 0.0580. The van der Waals surface area contributed by atoms with Gasteiger partial charge in [0.2, 0.25) is 0 Å². The van der Waals surface area contributed by atoms with Crippen molar-refractivity contribution in [3.05, 3.63) is 11.8 Å². The van der Waals surface area contributed by atoms with Crippen LogP contribution in [0.5, 0.6) is 0 Å². The van der Waals surface area contributed by atoms with Crippen molar-refractivity contribution < 1.29 is 9.47 Å². The molecule has 0 rings (SSSR count). The molecule has 0 N–H and O–H groups in total. The van der Waals surface area contributed by atoms with E-state index in [1.54, 1.807) is 0 Å². The fourth-order valence-electron chi connectivity index (χ4n) is 1.05. The predicted octanol–water partition coefficient (Wildman–Crippen LogP) is 0.935. The second-order valence-electron chi connectivity index (χ2n) is 3.31. The largest absolute Gasteiger partial charge is 0.353 e. The van der Waals surface area contributed by atoms with Crippen molar-refractivity contribution in [3.8, 4) is 0 Å². The van der Waals surface area contributed by atoms with E-state index in [0.717, 1.165) is 6.42 Å². The van der Waals surface area contributed by atoms with Crippen LogP contribution >= 0.6 is 0 Å². The standard InChI is InChI=1S/C10H23NO2Si/c1-5-12-10(13-6-2)8-7-9-14-11(3)4/h7,9-10H,5-6,8,14H2,1-4H3. The van der Waals surface area contributed by atoms with Crippen LogP contribution in [-0.2, 0) is 9.47 Å². The average molecular weight is 217 g/mol. The van der Waals surface area contributed by atoms with Gasteiger partial charge in [0.1, 0.15) is 9.68 Å². The van der Waals surface area contributed by atoms with E-state index in [2.05, 4.69) is 30.4 Å². The first kappa shape index (κ1) is 13.8. The SMILES string of the molecule is CCOC(CC=C[SiH2]N(C)C)OCC. The number of hydrogen-bond donors (Lipinski definition) is 0. The lowest BCUT2D eigenvalue weighted by Gasteiger charge is -2.14. The van der Waals surface area contributed by atoms with Crippen LogP contribution in [0.25, 0.3) is 0 Å². The van der Waals surface area contributed by atoms with Crippen LogP contribution in [0.4, 0.5) is 0 Å². The third kappa shape index (κ3) is 8.44. The summed E-state index contributed by atoms with van der Waals surface area (Å²) in [6.07, 6.45) is 2.97. The lowest BCUT2D eigenvalue weighted by Crippen LogP contribution is -2.17. The van der Waals surface area contributed by atoms with Crippen LogP contribution in [0.2, 0.25) is 0 Å². The molecular formula is C10H23NO2Si. The van der Waals surface area contributed by atoms with Gasteiger partial charge in [-0.15, -0.1) is 0 Å². The van der Waals surface area contributed by atoms with Crippen molar-refractivity contribution >= 4 is 9.68 Å². The Labute approximate surface area is 90.0 Å². The van der Waals surface area contributed by atoms with Gasteiger partial charge in [0.25, 0.3) is 0 Å². The number of hydrogen-bond acceptors (Lipinski definition) is 3. The third-order valence-electron chi connectivity index (χ3n) is 1.67. The zero-order valence-corrected chi connectivity index (χ0v) is 11.2. The van der Waals surface area contributed by atoms with Gasteiger partial charge in [0.05, 0.1) is 0 Å². The molecular weight excluding hydrogens is 194 g/mol. The van der Waals surface area contributed by atoms with Gasteiger partial charge in [-0.2, -0.15) is 0 Å². The molecule has 0 aliphatic rings. The lowest BCUT2D eigenvalue weighted by atomic mass is 10.4. The first-order chi connectivity index (χ1) is 6.70. The molecule has 0 fully saturated rings. The monoisotopic (exact) mass is 217 g/mol. The molecule has 0 bridgehead atoms. The fraction of sp³-hybridized carbons (Fsp3) is 0.800. The summed E-state index contributed by atoms with van der Waals surface area (Å²) in [6, 6.07) is 0. The zero-order valence-electron chi connectivity index (χ0n) is 9.82. The van der Waals surface area contributed by atoms with Crippen molar-refractivity contribution in [2.45, 2.75) is 26.6 Å². The Hall–Kier alpha value is -0.163. The number of nitrogens with zero attached hydrogens (tertiary/aromatic N) is 1. The molecule has 0 heterocycles. The molecule has 0 aliphatic heterocycles. The lowest BCUT2D eigenvalue weighted by molar-refractivity contribution is -0.133. The summed E-state index contributed by atoms with van der Waals surface area (Å²) in [6.45, 7) is 5.40. The Kier molecular flexibility index (Phi) is 9.28. The zero-order chi connectivity index (χ0) is 10.8. The highest BCUT2D eigenvalue weighted by Crippen LogP contribution is 2.01. The quantitative estimate of drug-likeness (QED) is 0.446. The highest BCUT2D eigenvalue weighted by atomic mass is 28.2. The van der Waals surface area contributed by atoms with E-state index in [4.69, 9.17) is 9.47 Å². The fourth-order valence-corrected chi connectivity index (χ4v) is 1.81. The van der Waals surface area contributed by atoms with E-state index in [0.29, 0.717) is 13.2 Å². The molecule has 0 saturated heterocycles. The molecule has 3 nitrogen and oxygen atoms in total. The summed E-state index contributed by atoms with van der Waals surface area (Å²) in [5.74, 6) is 0. The first-order valence-corrected chi connectivity index (χ1v) is 6.68. The van der Waals surface area contributed by atoms with Gasteiger partial charge in [-0.1, -0.05) is 11.8 Å². The Morgan fingerprint density at radius 2 is 1.79 bits per heavy atom. The second kappa shape index (κ2) is 9.39. The van der Waals surface area contributed by atoms with Crippen LogP contribution in [0.15, 0.2) is 11.8 Å². The molecule has 0 spiro atoms. The molecule has 0 unspecified atom stereocenters. The van der Waals surface area contributed by atoms with E-state index in [-0.39, 0.29) is 16.0 Å². The van der Waals surface area contributed by atoms with Gasteiger partial charge in [-0.3, -0.25) is 0 Å². The smallest absolute Gasteiger partial charge is 0.160 e. The molecule has 0 aliphatic carbocycles. The van der Waals surface area contributed by atoms with Gasteiger partial charge in [-0.05, 0) is 27.9 Å². The maximum Gasteiger partial charge on any atom is 0.160 e. The van der Waals surface area contributed by atoms with E-state index in [9.17, 15) is 0 Å². The topological polar surface area (TPSA) is 21.7 Å². The number of rotatable bonds is 8. The molecule has 0 aromatic rings. The summed E-state index contributed by atoms with van der Waals surface area (Å²) in [5, 5.41) is 0. The molecule has 0 aromatic heterocycles. The Morgan fingerprint density at radius 3 is 2.21 bits per heavy atom. The molecule has 4 heteroatoms. The van der Waals surface area contributed by atoms with E-state index >= 15 is 0 Å². The van der Waals surface area contributed by atoms with Crippen LogP contribution in [0.3, 0.4) is 0 Å². The van der Waals surface area contributed by atoms with Crippen molar-refractivity contribution in [1.29, 1.82) is 0 Å². The van der Waals surface area contributed by atoms with Crippen molar-refractivity contribution in [3.63, 3.8) is 0 Å². The highest BCUT2D eigenvalue weighted by molar-refractivity contribution is 6.38. The first-order valence-electron chi connectivity index (χ1n) is 5.23. The maximum absolute atomic E-state index is 5.42. The normalized spacial score (nSPS) is 13.0. The molecule has 0 atom stereocenters. The van der Waals surface area contributed by atoms with Gasteiger partial charge < -0.3 is 14.0 Å². The van der Waals surface area contributed by atoms with Crippen LogP contribution in [0, 0.1) is 0 Å². The summed E-state index contributed by atoms with van der Waals surface area (Å²) < 4.78 is 13.1. The van der Waals surface area contributed by atoms with Crippen LogP contribution < -0.4 is 0 Å². The second-order valence-corrected chi connectivity index (χ2v) is 5.41. The van der Waals surface area contributed by atoms with Gasteiger partial charge >= 0.3 is 0 Å². The van der Waals surface area contributed by atoms with E-state index in [1.807, 2.05) is 13.8 Å². The highest BCUT2D eigenvalue weighted by Gasteiger charge is 2.03. The maximum atomic E-state index is 5.42. The summed E-state index contributed by atoms with van der Waals surface area (Å²) in [7, 11) is 4.04. The Morgan fingerprint density at radius 1 is 1.21 bits per heavy atom. The summed E-state index contributed by atoms with van der Waals surface area (Å²) in [4.78, 5) is 0. The minimum Gasteiger partial charge on any atom is -0.353 e. The minimum atomic E-state index is -0.183. The van der Waals surface area contributed by atoms with Gasteiger partial charge in [0.15, 0.2) is 6.29 Å². The van der Waals surface area contributed by atoms with Crippen molar-refractivity contribution in [2.24, 2.45) is 0 Å². The molecule has 0 radical (unpaired) electrons. The van der Waals surface area contributed by atoms with Gasteiger partial charge in [-0.25, -0.2) is 0 Å². The van der Waals surface area contributed by atoms with Crippen LogP contribution in [-0.4, -0.2) is 47.8 Å². The van der Waals surface area contributed by atoms with Crippen molar-refractivity contribution in [1.82, 2.24) is 4.57 Å². The molecule has 14 heavy (non-hydrogen) atoms. The number of ether oxygens (including phenoxy) is 2. The Bertz CT molecular complexity index is 145. The van der Waals surface area contributed by atoms with E-state index < -0.39 is 0 Å². The summed E-state index contributed by atoms with van der Waals surface area (Å²) >= 11 is 0. The van der Waals surface area contributed by atoms with Crippen molar-refractivity contribution in [2.75, 3.05) is 27.3 Å². The van der Waals surface area contributed by atoms with Gasteiger partial charge in [0, 0.05) is 19.6 Å². The molecule has 84 valence electrons. The molecule has 0 aromatic carbocycles. The third-order valence-corrected chi connectivity index (χ3v) is 2.95. The van der Waals surface area contributed by atoms with E-state index in [1.165, 1.54) is 0 Å². The summed E-state index contributed by atoms with van der Waals surface area (Å²) in [5.41, 5.74) is 2.27. The Balaban J connectivity index is 3.63. The predicted molar refractivity (Wildman–Crippen MR) is 63.0 cm³/mol. The average Bonchev–Trinajstić information content (AvgIpc) is 2.12.